The molecule has 1 aromatic heterocycles. The van der Waals surface area contributed by atoms with Gasteiger partial charge in [-0.15, -0.1) is 0 Å². The highest BCUT2D eigenvalue weighted by Crippen LogP contribution is 2.36. The number of nitrogens with zero attached hydrogens (tertiary/aromatic N) is 2. The van der Waals surface area contributed by atoms with Gasteiger partial charge in [0.2, 0.25) is 0 Å². The minimum absolute atomic E-state index is 0.00227. The Morgan fingerprint density at radius 3 is 2.84 bits per heavy atom. The number of amides is 1. The number of rotatable bonds is 3. The first-order valence-corrected chi connectivity index (χ1v) is 7.40. The highest BCUT2D eigenvalue weighted by Gasteiger charge is 2.31. The van der Waals surface area contributed by atoms with Crippen molar-refractivity contribution in [3.63, 3.8) is 0 Å². The summed E-state index contributed by atoms with van der Waals surface area (Å²) in [5, 5.41) is 9.52. The van der Waals surface area contributed by atoms with E-state index in [0.717, 1.165) is 37.9 Å². The molecule has 2 heterocycles. The maximum Gasteiger partial charge on any atom is 0.270 e. The van der Waals surface area contributed by atoms with E-state index in [-0.39, 0.29) is 18.6 Å². The zero-order valence-electron chi connectivity index (χ0n) is 11.3. The fourth-order valence-corrected chi connectivity index (χ4v) is 3.03. The molecule has 0 aromatic carbocycles. The molecule has 1 N–H and O–H groups in total. The molecule has 0 radical (unpaired) electrons. The zero-order chi connectivity index (χ0) is 13.2. The molecule has 1 aliphatic heterocycles. The standard InChI is InChI=1S/C15H22N2O2/c18-11-13-5-2-1-3-9-17(13)15(19)14-6-4-10-16(14)12-7-8-12/h4,6,10,12-13,18H,1-3,5,7-9,11H2. The third-order valence-electron chi connectivity index (χ3n) is 4.29. The molecule has 4 heteroatoms. The van der Waals surface area contributed by atoms with Crippen LogP contribution in [-0.2, 0) is 0 Å². The van der Waals surface area contributed by atoms with Crippen molar-refractivity contribution in [3.05, 3.63) is 24.0 Å². The van der Waals surface area contributed by atoms with Crippen molar-refractivity contribution < 1.29 is 9.90 Å². The Hall–Kier alpha value is -1.29. The van der Waals surface area contributed by atoms with Crippen LogP contribution in [0.4, 0.5) is 0 Å². The Bertz CT molecular complexity index is 451. The highest BCUT2D eigenvalue weighted by atomic mass is 16.3. The van der Waals surface area contributed by atoms with Crippen LogP contribution >= 0.6 is 0 Å². The Balaban J connectivity index is 1.82. The molecule has 1 saturated heterocycles. The first-order chi connectivity index (χ1) is 9.31. The molecule has 1 aliphatic carbocycles. The molecular weight excluding hydrogens is 240 g/mol. The Kier molecular flexibility index (Phi) is 3.60. The molecule has 4 nitrogen and oxygen atoms in total. The van der Waals surface area contributed by atoms with Crippen molar-refractivity contribution >= 4 is 5.91 Å². The monoisotopic (exact) mass is 262 g/mol. The van der Waals surface area contributed by atoms with Crippen LogP contribution in [0.25, 0.3) is 0 Å². The Labute approximate surface area is 114 Å². The largest absolute Gasteiger partial charge is 0.394 e. The molecule has 104 valence electrons. The molecule has 1 saturated carbocycles. The van der Waals surface area contributed by atoms with Gasteiger partial charge in [-0.25, -0.2) is 0 Å². The molecular formula is C15H22N2O2. The van der Waals surface area contributed by atoms with Crippen LogP contribution in [0.1, 0.15) is 55.1 Å². The van der Waals surface area contributed by atoms with Crippen LogP contribution in [0.5, 0.6) is 0 Å². The molecule has 0 spiro atoms. The van der Waals surface area contributed by atoms with Gasteiger partial charge in [-0.1, -0.05) is 12.8 Å². The number of likely N-dealkylation sites (tertiary alicyclic amines) is 1. The van der Waals surface area contributed by atoms with E-state index >= 15 is 0 Å². The van der Waals surface area contributed by atoms with Crippen LogP contribution < -0.4 is 0 Å². The second-order valence-corrected chi connectivity index (χ2v) is 5.72. The van der Waals surface area contributed by atoms with Crippen molar-refractivity contribution in [3.8, 4) is 0 Å². The topological polar surface area (TPSA) is 45.5 Å². The predicted molar refractivity (Wildman–Crippen MR) is 73.1 cm³/mol. The number of hydrogen-bond acceptors (Lipinski definition) is 2. The van der Waals surface area contributed by atoms with E-state index in [4.69, 9.17) is 0 Å². The fraction of sp³-hybridized carbons (Fsp3) is 0.667. The van der Waals surface area contributed by atoms with Crippen molar-refractivity contribution in [2.24, 2.45) is 0 Å². The van der Waals surface area contributed by atoms with E-state index in [9.17, 15) is 9.90 Å². The third kappa shape index (κ3) is 2.54. The van der Waals surface area contributed by atoms with Gasteiger partial charge in [0.15, 0.2) is 0 Å². The lowest BCUT2D eigenvalue weighted by atomic mass is 10.1. The number of carbonyl (C=O) groups excluding carboxylic acids is 1. The van der Waals surface area contributed by atoms with E-state index in [1.165, 1.54) is 12.8 Å². The second-order valence-electron chi connectivity index (χ2n) is 5.72. The molecule has 1 atom stereocenters. The van der Waals surface area contributed by atoms with Crippen LogP contribution in [0.3, 0.4) is 0 Å². The van der Waals surface area contributed by atoms with E-state index in [0.29, 0.717) is 6.04 Å². The Morgan fingerprint density at radius 1 is 1.26 bits per heavy atom. The van der Waals surface area contributed by atoms with Gasteiger partial charge >= 0.3 is 0 Å². The summed E-state index contributed by atoms with van der Waals surface area (Å²) < 4.78 is 2.11. The van der Waals surface area contributed by atoms with Gasteiger partial charge in [-0.05, 0) is 37.8 Å². The zero-order valence-corrected chi connectivity index (χ0v) is 11.3. The highest BCUT2D eigenvalue weighted by molar-refractivity contribution is 5.93. The molecule has 0 bridgehead atoms. The van der Waals surface area contributed by atoms with Crippen molar-refractivity contribution in [2.45, 2.75) is 50.6 Å². The van der Waals surface area contributed by atoms with Gasteiger partial charge in [0.25, 0.3) is 5.91 Å². The first-order valence-electron chi connectivity index (χ1n) is 7.40. The fourth-order valence-electron chi connectivity index (χ4n) is 3.03. The van der Waals surface area contributed by atoms with E-state index in [1.807, 2.05) is 23.2 Å². The summed E-state index contributed by atoms with van der Waals surface area (Å²) in [7, 11) is 0. The lowest BCUT2D eigenvalue weighted by Gasteiger charge is -2.29. The van der Waals surface area contributed by atoms with Crippen LogP contribution in [0.15, 0.2) is 18.3 Å². The lowest BCUT2D eigenvalue weighted by molar-refractivity contribution is 0.0589. The summed E-state index contributed by atoms with van der Waals surface area (Å²) in [4.78, 5) is 14.6. The number of aromatic nitrogens is 1. The maximum atomic E-state index is 12.7. The molecule has 2 fully saturated rings. The third-order valence-corrected chi connectivity index (χ3v) is 4.29. The van der Waals surface area contributed by atoms with Gasteiger partial charge in [0.1, 0.15) is 5.69 Å². The molecule has 1 amide bonds. The number of carbonyl (C=O) groups is 1. The summed E-state index contributed by atoms with van der Waals surface area (Å²) in [6.07, 6.45) is 8.61. The van der Waals surface area contributed by atoms with E-state index < -0.39 is 0 Å². The predicted octanol–water partition coefficient (Wildman–Crippen LogP) is 2.20. The summed E-state index contributed by atoms with van der Waals surface area (Å²) in [5.74, 6) is 0.0952. The first kappa shape index (κ1) is 12.7. The van der Waals surface area contributed by atoms with Crippen molar-refractivity contribution in [1.82, 2.24) is 9.47 Å². The number of aliphatic hydroxyl groups excluding tert-OH is 1. The number of hydrogen-bond donors (Lipinski definition) is 1. The quantitative estimate of drug-likeness (QED) is 0.907. The SMILES string of the molecule is O=C(c1cccn1C1CC1)N1CCCCCC1CO. The number of aliphatic hydroxyl groups is 1. The molecule has 2 aliphatic rings. The second kappa shape index (κ2) is 5.37. The van der Waals surface area contributed by atoms with Gasteiger partial charge in [-0.2, -0.15) is 0 Å². The van der Waals surface area contributed by atoms with Gasteiger partial charge in [-0.3, -0.25) is 4.79 Å². The van der Waals surface area contributed by atoms with Gasteiger partial charge in [0, 0.05) is 18.8 Å². The summed E-state index contributed by atoms with van der Waals surface area (Å²) in [6.45, 7) is 0.857. The van der Waals surface area contributed by atoms with Crippen LogP contribution in [0.2, 0.25) is 0 Å². The minimum Gasteiger partial charge on any atom is -0.394 e. The summed E-state index contributed by atoms with van der Waals surface area (Å²) in [6, 6.07) is 4.39. The minimum atomic E-state index is -0.00227. The van der Waals surface area contributed by atoms with Gasteiger partial charge in [0.05, 0.1) is 12.6 Å². The normalized spacial score (nSPS) is 24.3. The van der Waals surface area contributed by atoms with Crippen molar-refractivity contribution in [2.75, 3.05) is 13.2 Å². The van der Waals surface area contributed by atoms with Crippen LogP contribution in [-0.4, -0.2) is 39.7 Å². The summed E-state index contributed by atoms with van der Waals surface area (Å²) >= 11 is 0. The van der Waals surface area contributed by atoms with Gasteiger partial charge < -0.3 is 14.6 Å². The molecule has 19 heavy (non-hydrogen) atoms. The van der Waals surface area contributed by atoms with E-state index in [1.54, 1.807) is 0 Å². The maximum absolute atomic E-state index is 12.7. The lowest BCUT2D eigenvalue weighted by Crippen LogP contribution is -2.42. The van der Waals surface area contributed by atoms with Crippen LogP contribution in [0, 0.1) is 0 Å². The molecule has 1 unspecified atom stereocenters. The van der Waals surface area contributed by atoms with Crippen molar-refractivity contribution in [1.29, 1.82) is 0 Å². The van der Waals surface area contributed by atoms with E-state index in [2.05, 4.69) is 4.57 Å². The smallest absolute Gasteiger partial charge is 0.270 e. The molecule has 3 rings (SSSR count). The summed E-state index contributed by atoms with van der Waals surface area (Å²) in [5.41, 5.74) is 0.794. The average molecular weight is 262 g/mol. The Morgan fingerprint density at radius 2 is 2.11 bits per heavy atom. The average Bonchev–Trinajstić information content (AvgIpc) is 3.20. The molecule has 1 aromatic rings.